The zero-order valence-corrected chi connectivity index (χ0v) is 44.7. The molecule has 4 aliphatic heterocycles. The zero-order valence-electron chi connectivity index (χ0n) is 43.2. The van der Waals surface area contributed by atoms with Crippen LogP contribution in [0, 0.1) is 0 Å². The molecule has 5 aromatic rings. The Morgan fingerprint density at radius 2 is 1.12 bits per heavy atom. The number of nitrogens with one attached hydrogen (secondary N) is 1. The third-order valence-corrected chi connectivity index (χ3v) is 15.6. The molecular weight excluding hydrogens is 1080 g/mol. The van der Waals surface area contributed by atoms with E-state index < -0.39 is 86.4 Å². The number of anilines is 2. The molecular formula is C58H63Cl2N3O17. The van der Waals surface area contributed by atoms with Crippen LogP contribution in [0.3, 0.4) is 0 Å². The van der Waals surface area contributed by atoms with Crippen molar-refractivity contribution in [1.29, 1.82) is 0 Å². The second kappa shape index (κ2) is 26.1. The topological polar surface area (TPSA) is 295 Å². The van der Waals surface area contributed by atoms with E-state index in [1.54, 1.807) is 71.6 Å². The summed E-state index contributed by atoms with van der Waals surface area (Å²) in [6.45, 7) is -0.751. The summed E-state index contributed by atoms with van der Waals surface area (Å²) in [6, 6.07) is 22.9. The maximum atomic E-state index is 14.4. The average molecular weight is 1150 g/mol. The fourth-order valence-corrected chi connectivity index (χ4v) is 11.2. The molecule has 12 atom stereocenters. The van der Waals surface area contributed by atoms with Gasteiger partial charge in [-0.25, -0.2) is 0 Å². The van der Waals surface area contributed by atoms with Crippen molar-refractivity contribution in [2.24, 2.45) is 0 Å². The van der Waals surface area contributed by atoms with E-state index in [4.69, 9.17) is 46.9 Å². The van der Waals surface area contributed by atoms with Crippen LogP contribution in [0.1, 0.15) is 59.8 Å². The summed E-state index contributed by atoms with van der Waals surface area (Å²) in [5, 5.41) is 88.6. The van der Waals surface area contributed by atoms with Crippen molar-refractivity contribution in [2.75, 3.05) is 61.0 Å². The lowest BCUT2D eigenvalue weighted by molar-refractivity contribution is -0.277. The number of unbranched alkanes of at least 4 members (excludes halogenated alkanes) is 2. The molecule has 20 nitrogen and oxygen atoms in total. The normalized spacial score (nSPS) is 26.5. The van der Waals surface area contributed by atoms with Crippen LogP contribution in [-0.4, -0.2) is 177 Å². The first-order valence-electron chi connectivity index (χ1n) is 26.3. The minimum atomic E-state index is -1.69. The summed E-state index contributed by atoms with van der Waals surface area (Å²) in [5.41, 5.74) is 3.52. The van der Waals surface area contributed by atoms with E-state index in [2.05, 4.69) is 5.32 Å². The molecule has 0 aliphatic carbocycles. The number of ether oxygens (including phenoxy) is 5. The van der Waals surface area contributed by atoms with Gasteiger partial charge in [0.25, 0.3) is 11.8 Å². The lowest BCUT2D eigenvalue weighted by Gasteiger charge is -2.39. The maximum Gasteiger partial charge on any atom is 0.251 e. The summed E-state index contributed by atoms with van der Waals surface area (Å²) in [7, 11) is 0. The van der Waals surface area contributed by atoms with Crippen molar-refractivity contribution in [1.82, 2.24) is 5.32 Å². The third-order valence-electron chi connectivity index (χ3n) is 14.9. The van der Waals surface area contributed by atoms with Gasteiger partial charge < -0.3 is 84.4 Å². The fourth-order valence-electron chi connectivity index (χ4n) is 10.6. The van der Waals surface area contributed by atoms with Crippen molar-refractivity contribution in [3.8, 4) is 17.2 Å². The first-order valence-corrected chi connectivity index (χ1v) is 27.4. The van der Waals surface area contributed by atoms with Crippen molar-refractivity contribution in [3.63, 3.8) is 0 Å². The Morgan fingerprint density at radius 3 is 1.61 bits per heavy atom. The van der Waals surface area contributed by atoms with E-state index in [1.807, 2.05) is 24.3 Å². The molecule has 4 heterocycles. The van der Waals surface area contributed by atoms with Gasteiger partial charge in [0.15, 0.2) is 0 Å². The lowest BCUT2D eigenvalue weighted by atomic mass is 9.95. The van der Waals surface area contributed by atoms with Crippen molar-refractivity contribution in [2.45, 2.75) is 98.9 Å². The molecule has 426 valence electrons. The molecule has 0 spiro atoms. The van der Waals surface area contributed by atoms with Crippen molar-refractivity contribution in [3.05, 3.63) is 113 Å². The summed E-state index contributed by atoms with van der Waals surface area (Å²) in [6.07, 6.45) is -6.91. The van der Waals surface area contributed by atoms with Crippen LogP contribution in [-0.2, 0) is 28.7 Å². The molecule has 0 bridgehead atoms. The molecule has 4 aliphatic rings. The number of hydrogen-bond acceptors (Lipinski definition) is 17. The van der Waals surface area contributed by atoms with Gasteiger partial charge in [0.05, 0.1) is 31.1 Å². The Balaban J connectivity index is 0.983. The van der Waals surface area contributed by atoms with E-state index in [0.717, 1.165) is 22.8 Å². The number of rotatable bonds is 21. The molecule has 0 unspecified atom stereocenters. The van der Waals surface area contributed by atoms with Crippen LogP contribution < -0.4 is 29.3 Å². The van der Waals surface area contributed by atoms with Gasteiger partial charge in [0, 0.05) is 90.1 Å². The summed E-state index contributed by atoms with van der Waals surface area (Å²) in [5.74, 6) is -0.626. The van der Waals surface area contributed by atoms with E-state index in [-0.39, 0.29) is 73.7 Å². The minimum absolute atomic E-state index is 0.0218. The van der Waals surface area contributed by atoms with E-state index in [9.17, 15) is 60.0 Å². The number of carbonyl (C=O) groups is 4. The first kappa shape index (κ1) is 58.4. The van der Waals surface area contributed by atoms with Gasteiger partial charge in [0.1, 0.15) is 79.0 Å². The summed E-state index contributed by atoms with van der Waals surface area (Å²) < 4.78 is 29.9. The van der Waals surface area contributed by atoms with Crippen LogP contribution in [0.25, 0.3) is 33.7 Å². The highest BCUT2D eigenvalue weighted by atomic mass is 35.5. The monoisotopic (exact) mass is 1140 g/mol. The Hall–Kier alpha value is -6.24. The van der Waals surface area contributed by atoms with E-state index in [0.29, 0.717) is 63.7 Å². The second-order valence-corrected chi connectivity index (χ2v) is 20.6. The highest BCUT2D eigenvalue weighted by molar-refractivity contribution is 6.20. The minimum Gasteiger partial charge on any atom is -0.491 e. The van der Waals surface area contributed by atoms with Crippen LogP contribution in [0.2, 0.25) is 0 Å². The zero-order chi connectivity index (χ0) is 56.8. The number of aliphatic hydroxyl groups excluding tert-OH is 8. The number of fused-ring (bicyclic) bond motifs is 6. The quantitative estimate of drug-likeness (QED) is 0.0220. The number of hydrogen-bond donors (Lipinski definition) is 9. The molecule has 80 heavy (non-hydrogen) atoms. The highest BCUT2D eigenvalue weighted by Gasteiger charge is 2.47. The standard InChI is InChI=1S/C58H63Cl2N3O17/c59-25-33-27-62(39-23-42(35-8-3-5-10-37(35)49(33)39)77-57-55(74)53(72)51(70)44(29-65)79-57)47(68)17-14-31-13-15-32(41(22-31)76-21-19-61-46(67)12-2-1-7-20-64)16-18-48(69)63-28-34(26-60)50-38-11-6-4-9-36(38)43(24-40(50)63)78-58-56(75)54(73)52(71)45(30-66)80-58/h3-6,8-11,13-18,20,22-24,33-34,44-45,51-58,65-66,70-75H,1-2,7,12,19,21,25-30H2,(H,61,67)/b17-14+,18-16+/t33-,34-,44-,45-,51-,52-,53+,54+,55-,56-,57-,58-/m1/s1. The van der Waals surface area contributed by atoms with Gasteiger partial charge in [-0.05, 0) is 58.5 Å². The number of halogens is 2. The molecule has 5 aromatic carbocycles. The molecule has 2 saturated heterocycles. The third kappa shape index (κ3) is 12.2. The SMILES string of the molecule is O=CCCCCC(=O)NCCOc1cc(/C=C/C(=O)N2C[C@@H](CCl)c3c2cc(O[C@@H]2O[C@H](CO)[C@@H](O)[C@H](O)[C@H]2O)c2ccccc32)ccc1/C=C/C(=O)N1C[C@@H](CCl)c2c1cc(O[C@@H]1O[C@H](CO)[C@@H](O)[C@H](O)[C@H]1O)c1ccccc21. The number of aliphatic hydroxyl groups is 8. The second-order valence-electron chi connectivity index (χ2n) is 20.0. The summed E-state index contributed by atoms with van der Waals surface area (Å²) >= 11 is 13.1. The maximum absolute atomic E-state index is 14.4. The summed E-state index contributed by atoms with van der Waals surface area (Å²) in [4.78, 5) is 55.1. The van der Waals surface area contributed by atoms with Crippen molar-refractivity contribution >= 4 is 92.3 Å². The molecule has 9 N–H and O–H groups in total. The number of nitrogens with zero attached hydrogens (tertiary/aromatic N) is 2. The largest absolute Gasteiger partial charge is 0.491 e. The van der Waals surface area contributed by atoms with Crippen molar-refractivity contribution < 1.29 is 83.7 Å². The number of aldehydes is 1. The lowest BCUT2D eigenvalue weighted by Crippen LogP contribution is -2.60. The predicted octanol–water partition coefficient (Wildman–Crippen LogP) is 3.37. The number of benzene rings is 5. The average Bonchev–Trinajstić information content (AvgIpc) is 4.16. The number of alkyl halides is 2. The van der Waals surface area contributed by atoms with Crippen LogP contribution >= 0.6 is 23.2 Å². The van der Waals surface area contributed by atoms with E-state index in [1.165, 1.54) is 17.1 Å². The number of amides is 3. The van der Waals surface area contributed by atoms with Crippen LogP contribution in [0.4, 0.5) is 11.4 Å². The molecule has 0 aromatic heterocycles. The molecule has 3 amide bonds. The first-order chi connectivity index (χ1) is 38.7. The Bertz CT molecular complexity index is 3120. The predicted molar refractivity (Wildman–Crippen MR) is 296 cm³/mol. The Kier molecular flexibility index (Phi) is 19.1. The molecule has 22 heteroatoms. The molecule has 0 saturated carbocycles. The van der Waals surface area contributed by atoms with Gasteiger partial charge in [-0.3, -0.25) is 14.4 Å². The van der Waals surface area contributed by atoms with Crippen LogP contribution in [0.5, 0.6) is 17.2 Å². The number of carbonyl (C=O) groups excluding carboxylic acids is 4. The highest BCUT2D eigenvalue weighted by Crippen LogP contribution is 2.48. The van der Waals surface area contributed by atoms with Gasteiger partial charge in [-0.15, -0.1) is 23.2 Å². The van der Waals surface area contributed by atoms with Gasteiger partial charge in [-0.2, -0.15) is 0 Å². The molecule has 0 radical (unpaired) electrons. The Morgan fingerprint density at radius 1 is 0.625 bits per heavy atom. The molecule has 2 fully saturated rings. The Labute approximate surface area is 469 Å². The van der Waals surface area contributed by atoms with Crippen LogP contribution in [0.15, 0.2) is 91.0 Å². The van der Waals surface area contributed by atoms with Gasteiger partial charge >= 0.3 is 0 Å². The fraction of sp³-hybridized carbons (Fsp3) is 0.414. The van der Waals surface area contributed by atoms with E-state index >= 15 is 0 Å². The van der Waals surface area contributed by atoms with Gasteiger partial charge in [0.2, 0.25) is 18.5 Å². The van der Waals surface area contributed by atoms with Gasteiger partial charge in [-0.1, -0.05) is 60.7 Å². The smallest absolute Gasteiger partial charge is 0.251 e. The molecule has 9 rings (SSSR count).